The van der Waals surface area contributed by atoms with Gasteiger partial charge in [0.1, 0.15) is 5.60 Å². The van der Waals surface area contributed by atoms with Crippen molar-refractivity contribution in [3.05, 3.63) is 0 Å². The molecule has 0 radical (unpaired) electrons. The molecular weight excluding hydrogens is 298 g/mol. The highest BCUT2D eigenvalue weighted by molar-refractivity contribution is 5.82. The molecule has 0 spiro atoms. The average Bonchev–Trinajstić information content (AvgIpc) is 2.43. The van der Waals surface area contributed by atoms with Crippen LogP contribution in [-0.4, -0.2) is 67.4 Å². The van der Waals surface area contributed by atoms with Crippen LogP contribution in [0.2, 0.25) is 0 Å². The number of carbonyl (C=O) groups excluding carboxylic acids is 2. The standard InChI is InChI=1S/C16H29N3O4/c1-16(2,3)23-15(21)19-10-12(13(19)7-9-22-4)18-11-6-5-8-17-14(11)20/h11-13,18H,5-10H2,1-4H3,(H,17,20)/t11-,12?,13?/m0/s1. The van der Waals surface area contributed by atoms with E-state index in [1.54, 1.807) is 12.0 Å². The number of likely N-dealkylation sites (tertiary alicyclic amines) is 1. The smallest absolute Gasteiger partial charge is 0.410 e. The van der Waals surface area contributed by atoms with E-state index >= 15 is 0 Å². The number of nitrogens with zero attached hydrogens (tertiary/aromatic N) is 1. The molecule has 0 saturated carbocycles. The molecule has 0 aromatic rings. The Labute approximate surface area is 138 Å². The van der Waals surface area contributed by atoms with Gasteiger partial charge in [-0.25, -0.2) is 4.79 Å². The van der Waals surface area contributed by atoms with Crippen LogP contribution in [0.15, 0.2) is 0 Å². The van der Waals surface area contributed by atoms with Crippen LogP contribution in [0.1, 0.15) is 40.0 Å². The van der Waals surface area contributed by atoms with E-state index in [1.807, 2.05) is 20.8 Å². The second kappa shape index (κ2) is 7.49. The largest absolute Gasteiger partial charge is 0.444 e. The summed E-state index contributed by atoms with van der Waals surface area (Å²) in [4.78, 5) is 25.9. The van der Waals surface area contributed by atoms with Gasteiger partial charge in [0.25, 0.3) is 0 Å². The Morgan fingerprint density at radius 2 is 2.17 bits per heavy atom. The zero-order valence-corrected chi connectivity index (χ0v) is 14.6. The number of hydrogen-bond acceptors (Lipinski definition) is 5. The molecule has 23 heavy (non-hydrogen) atoms. The van der Waals surface area contributed by atoms with Gasteiger partial charge in [-0.3, -0.25) is 10.1 Å². The minimum atomic E-state index is -0.509. The quantitative estimate of drug-likeness (QED) is 0.783. The van der Waals surface area contributed by atoms with Crippen LogP contribution in [0.5, 0.6) is 0 Å². The third-order valence-corrected chi connectivity index (χ3v) is 4.20. The van der Waals surface area contributed by atoms with Crippen LogP contribution in [-0.2, 0) is 14.3 Å². The Balaban J connectivity index is 1.93. The molecule has 0 aromatic carbocycles. The number of methoxy groups -OCH3 is 1. The predicted octanol–water partition coefficient (Wildman–Crippen LogP) is 0.879. The third-order valence-electron chi connectivity index (χ3n) is 4.20. The summed E-state index contributed by atoms with van der Waals surface area (Å²) < 4.78 is 10.6. The number of rotatable bonds is 5. The maximum Gasteiger partial charge on any atom is 0.410 e. The summed E-state index contributed by atoms with van der Waals surface area (Å²) in [7, 11) is 1.65. The van der Waals surface area contributed by atoms with E-state index in [-0.39, 0.29) is 30.1 Å². The second-order valence-electron chi connectivity index (χ2n) is 7.24. The molecule has 2 fully saturated rings. The summed E-state index contributed by atoms with van der Waals surface area (Å²) in [5, 5.41) is 6.27. The highest BCUT2D eigenvalue weighted by Gasteiger charge is 2.44. The molecule has 2 unspecified atom stereocenters. The van der Waals surface area contributed by atoms with Crippen molar-refractivity contribution in [2.45, 2.75) is 63.8 Å². The second-order valence-corrected chi connectivity index (χ2v) is 7.24. The molecule has 2 heterocycles. The van der Waals surface area contributed by atoms with E-state index in [9.17, 15) is 9.59 Å². The lowest BCUT2D eigenvalue weighted by atomic mass is 9.92. The minimum Gasteiger partial charge on any atom is -0.444 e. The topological polar surface area (TPSA) is 79.9 Å². The maximum absolute atomic E-state index is 12.3. The van der Waals surface area contributed by atoms with E-state index in [1.165, 1.54) is 0 Å². The van der Waals surface area contributed by atoms with Crippen molar-refractivity contribution in [3.8, 4) is 0 Å². The zero-order valence-electron chi connectivity index (χ0n) is 14.6. The Morgan fingerprint density at radius 3 is 2.78 bits per heavy atom. The fraction of sp³-hybridized carbons (Fsp3) is 0.875. The summed E-state index contributed by atoms with van der Waals surface area (Å²) in [5.74, 6) is 0.0532. The molecule has 7 nitrogen and oxygen atoms in total. The summed E-state index contributed by atoms with van der Waals surface area (Å²) in [6.45, 7) is 7.45. The number of hydrogen-bond donors (Lipinski definition) is 2. The fourth-order valence-electron chi connectivity index (χ4n) is 3.03. The molecule has 2 N–H and O–H groups in total. The molecule has 0 aromatic heterocycles. The van der Waals surface area contributed by atoms with Crippen molar-refractivity contribution in [1.82, 2.24) is 15.5 Å². The van der Waals surface area contributed by atoms with Gasteiger partial charge in [-0.05, 0) is 40.0 Å². The van der Waals surface area contributed by atoms with Gasteiger partial charge in [-0.15, -0.1) is 0 Å². The lowest BCUT2D eigenvalue weighted by Crippen LogP contribution is -2.70. The molecule has 2 rings (SSSR count). The first kappa shape index (κ1) is 18.0. The number of nitrogens with one attached hydrogen (secondary N) is 2. The van der Waals surface area contributed by atoms with E-state index in [0.29, 0.717) is 13.2 Å². The van der Waals surface area contributed by atoms with Crippen molar-refractivity contribution in [3.63, 3.8) is 0 Å². The van der Waals surface area contributed by atoms with Gasteiger partial charge in [-0.2, -0.15) is 0 Å². The number of carbonyl (C=O) groups is 2. The maximum atomic E-state index is 12.3. The van der Waals surface area contributed by atoms with Crippen LogP contribution in [0, 0.1) is 0 Å². The summed E-state index contributed by atoms with van der Waals surface area (Å²) in [6.07, 6.45) is 2.24. The molecule has 2 amide bonds. The third kappa shape index (κ3) is 4.81. The molecular formula is C16H29N3O4. The summed E-state index contributed by atoms with van der Waals surface area (Å²) in [5.41, 5.74) is -0.509. The number of amides is 2. The molecule has 2 saturated heterocycles. The van der Waals surface area contributed by atoms with Crippen LogP contribution >= 0.6 is 0 Å². The summed E-state index contributed by atoms with van der Waals surface area (Å²) >= 11 is 0. The van der Waals surface area contributed by atoms with Crippen molar-refractivity contribution < 1.29 is 19.1 Å². The number of ether oxygens (including phenoxy) is 2. The number of piperidine rings is 1. The first-order valence-corrected chi connectivity index (χ1v) is 8.34. The van der Waals surface area contributed by atoms with E-state index in [4.69, 9.17) is 9.47 Å². The van der Waals surface area contributed by atoms with Crippen molar-refractivity contribution in [2.75, 3.05) is 26.8 Å². The predicted molar refractivity (Wildman–Crippen MR) is 86.2 cm³/mol. The first-order chi connectivity index (χ1) is 10.8. The highest BCUT2D eigenvalue weighted by Crippen LogP contribution is 2.25. The zero-order chi connectivity index (χ0) is 17.0. The Bertz CT molecular complexity index is 436. The van der Waals surface area contributed by atoms with Gasteiger partial charge < -0.3 is 19.7 Å². The van der Waals surface area contributed by atoms with Gasteiger partial charge in [0.15, 0.2) is 0 Å². The molecule has 7 heteroatoms. The molecule has 3 atom stereocenters. The molecule has 0 bridgehead atoms. The lowest BCUT2D eigenvalue weighted by Gasteiger charge is -2.49. The SMILES string of the molecule is COCCC1C(N[C@H]2CCCNC2=O)CN1C(=O)OC(C)(C)C. The molecule has 2 aliphatic heterocycles. The van der Waals surface area contributed by atoms with Gasteiger partial charge in [0.05, 0.1) is 12.1 Å². The van der Waals surface area contributed by atoms with Gasteiger partial charge >= 0.3 is 6.09 Å². The van der Waals surface area contributed by atoms with E-state index in [0.717, 1.165) is 25.8 Å². The fourth-order valence-corrected chi connectivity index (χ4v) is 3.03. The van der Waals surface area contributed by atoms with Gasteiger partial charge in [0.2, 0.25) is 5.91 Å². The molecule has 2 aliphatic rings. The van der Waals surface area contributed by atoms with Crippen LogP contribution in [0.4, 0.5) is 4.79 Å². The van der Waals surface area contributed by atoms with Crippen molar-refractivity contribution in [1.29, 1.82) is 0 Å². The molecule has 0 aliphatic carbocycles. The van der Waals surface area contributed by atoms with Crippen LogP contribution in [0.25, 0.3) is 0 Å². The van der Waals surface area contributed by atoms with Gasteiger partial charge in [0, 0.05) is 32.8 Å². The summed E-state index contributed by atoms with van der Waals surface area (Å²) in [6, 6.07) is -0.0642. The Kier molecular flexibility index (Phi) is 5.86. The Hall–Kier alpha value is -1.34. The van der Waals surface area contributed by atoms with Crippen molar-refractivity contribution >= 4 is 12.0 Å². The van der Waals surface area contributed by atoms with Crippen LogP contribution in [0.3, 0.4) is 0 Å². The monoisotopic (exact) mass is 327 g/mol. The van der Waals surface area contributed by atoms with E-state index < -0.39 is 5.60 Å². The normalized spacial score (nSPS) is 28.1. The minimum absolute atomic E-state index is 0.000438. The lowest BCUT2D eigenvalue weighted by molar-refractivity contribution is -0.125. The highest BCUT2D eigenvalue weighted by atomic mass is 16.6. The van der Waals surface area contributed by atoms with Crippen molar-refractivity contribution in [2.24, 2.45) is 0 Å². The molecule has 132 valence electrons. The first-order valence-electron chi connectivity index (χ1n) is 8.34. The Morgan fingerprint density at radius 1 is 1.43 bits per heavy atom. The van der Waals surface area contributed by atoms with Crippen LogP contribution < -0.4 is 10.6 Å². The van der Waals surface area contributed by atoms with E-state index in [2.05, 4.69) is 10.6 Å². The van der Waals surface area contributed by atoms with Gasteiger partial charge in [-0.1, -0.05) is 0 Å². The average molecular weight is 327 g/mol.